The number of sulfonamides is 1. The predicted octanol–water partition coefficient (Wildman–Crippen LogP) is 1.84. The number of para-hydroxylation sites is 1. The van der Waals surface area contributed by atoms with Crippen LogP contribution in [0.1, 0.15) is 18.5 Å². The maximum Gasteiger partial charge on any atom is 0.319 e. The molecule has 33 heavy (non-hydrogen) atoms. The number of aromatic nitrogens is 3. The highest BCUT2D eigenvalue weighted by atomic mass is 32.2. The molecule has 1 aromatic carbocycles. The van der Waals surface area contributed by atoms with Crippen LogP contribution >= 0.6 is 0 Å². The molecule has 0 saturated carbocycles. The van der Waals surface area contributed by atoms with Crippen molar-refractivity contribution in [1.82, 2.24) is 29.5 Å². The second-order valence-electron chi connectivity index (χ2n) is 8.32. The molecule has 1 aliphatic heterocycles. The van der Waals surface area contributed by atoms with Gasteiger partial charge in [0.2, 0.25) is 0 Å². The number of imidazole rings is 1. The van der Waals surface area contributed by atoms with E-state index < -0.39 is 10.0 Å². The molecule has 2 aromatic heterocycles. The van der Waals surface area contributed by atoms with E-state index in [0.29, 0.717) is 25.9 Å². The van der Waals surface area contributed by atoms with Crippen molar-refractivity contribution in [1.29, 1.82) is 0 Å². The van der Waals surface area contributed by atoms with Gasteiger partial charge in [0.05, 0.1) is 17.5 Å². The first-order valence-electron chi connectivity index (χ1n) is 10.9. The molecule has 0 aliphatic carbocycles. The van der Waals surface area contributed by atoms with Gasteiger partial charge in [-0.05, 0) is 45.0 Å². The average molecular weight is 472 g/mol. The standard InChI is InChI=1S/C22H29N7O3S/c1-16-13-20(18-5-3-4-6-19(18)25-16)26-22(30)23-9-12-29-10-7-17(8-11-29)27-33(31,32)21-14-28(2)15-24-21/h3-6,13-15,17,27H,7-12H2,1-2H3,(H2,23,25,26,30). The number of hydrogen-bond acceptors (Lipinski definition) is 6. The summed E-state index contributed by atoms with van der Waals surface area (Å²) in [6, 6.07) is 9.18. The number of fused-ring (bicyclic) bond motifs is 1. The minimum atomic E-state index is -3.60. The number of aryl methyl sites for hydroxylation is 2. The second kappa shape index (κ2) is 9.86. The predicted molar refractivity (Wildman–Crippen MR) is 126 cm³/mol. The molecule has 176 valence electrons. The molecule has 3 N–H and O–H groups in total. The van der Waals surface area contributed by atoms with Gasteiger partial charge >= 0.3 is 6.03 Å². The molecule has 3 heterocycles. The molecule has 0 bridgehead atoms. The average Bonchev–Trinajstić information content (AvgIpc) is 3.22. The van der Waals surface area contributed by atoms with Gasteiger partial charge in [-0.3, -0.25) is 4.98 Å². The minimum absolute atomic E-state index is 0.0415. The Labute approximate surface area is 193 Å². The Morgan fingerprint density at radius 3 is 2.70 bits per heavy atom. The molecule has 1 saturated heterocycles. The number of carbonyl (C=O) groups excluding carboxylic acids is 1. The molecule has 2 amide bonds. The SMILES string of the molecule is Cc1cc(NC(=O)NCCN2CCC(NS(=O)(=O)c3cn(C)cn3)CC2)c2ccccc2n1. The summed E-state index contributed by atoms with van der Waals surface area (Å²) < 4.78 is 29.2. The number of carbonyl (C=O) groups is 1. The van der Waals surface area contributed by atoms with Crippen LogP contribution in [0.15, 0.2) is 47.9 Å². The number of nitrogens with zero attached hydrogens (tertiary/aromatic N) is 4. The van der Waals surface area contributed by atoms with Crippen LogP contribution in [0.4, 0.5) is 10.5 Å². The third kappa shape index (κ3) is 5.86. The zero-order chi connectivity index (χ0) is 23.4. The van der Waals surface area contributed by atoms with Crippen LogP contribution in [-0.4, -0.2) is 66.1 Å². The van der Waals surface area contributed by atoms with E-state index >= 15 is 0 Å². The molecule has 4 rings (SSSR count). The number of piperidine rings is 1. The number of anilines is 1. The molecule has 3 aromatic rings. The number of pyridine rings is 1. The van der Waals surface area contributed by atoms with Crippen molar-refractivity contribution >= 4 is 32.6 Å². The highest BCUT2D eigenvalue weighted by molar-refractivity contribution is 7.89. The lowest BCUT2D eigenvalue weighted by atomic mass is 10.1. The normalized spacial score (nSPS) is 15.6. The topological polar surface area (TPSA) is 121 Å². The van der Waals surface area contributed by atoms with Gasteiger partial charge in [0.25, 0.3) is 10.0 Å². The maximum atomic E-state index is 12.4. The van der Waals surface area contributed by atoms with E-state index in [1.807, 2.05) is 37.3 Å². The Kier molecular flexibility index (Phi) is 6.91. The smallest absolute Gasteiger partial charge is 0.319 e. The van der Waals surface area contributed by atoms with E-state index in [1.165, 1.54) is 12.5 Å². The number of likely N-dealkylation sites (tertiary alicyclic amines) is 1. The van der Waals surface area contributed by atoms with Crippen molar-refractivity contribution in [2.75, 3.05) is 31.5 Å². The third-order valence-corrected chi connectivity index (χ3v) is 7.08. The summed E-state index contributed by atoms with van der Waals surface area (Å²) in [5.74, 6) is 0. The zero-order valence-corrected chi connectivity index (χ0v) is 19.6. The molecule has 1 fully saturated rings. The fourth-order valence-corrected chi connectivity index (χ4v) is 5.27. The molecule has 11 heteroatoms. The lowest BCUT2D eigenvalue weighted by Crippen LogP contribution is -2.46. The molecule has 10 nitrogen and oxygen atoms in total. The lowest BCUT2D eigenvalue weighted by Gasteiger charge is -2.32. The molecular weight excluding hydrogens is 442 g/mol. The van der Waals surface area contributed by atoms with E-state index in [-0.39, 0.29) is 17.1 Å². The molecule has 0 atom stereocenters. The molecular formula is C22H29N7O3S. The van der Waals surface area contributed by atoms with Gasteiger partial charge in [-0.2, -0.15) is 0 Å². The zero-order valence-electron chi connectivity index (χ0n) is 18.8. The monoisotopic (exact) mass is 471 g/mol. The van der Waals surface area contributed by atoms with E-state index in [9.17, 15) is 13.2 Å². The number of hydrogen-bond donors (Lipinski definition) is 3. The Balaban J connectivity index is 1.21. The van der Waals surface area contributed by atoms with Gasteiger partial charge in [-0.1, -0.05) is 18.2 Å². The van der Waals surface area contributed by atoms with Crippen molar-refractivity contribution in [2.45, 2.75) is 30.8 Å². The summed E-state index contributed by atoms with van der Waals surface area (Å²) in [5, 5.41) is 6.76. The number of urea groups is 1. The minimum Gasteiger partial charge on any atom is -0.339 e. The molecule has 0 spiro atoms. The quantitative estimate of drug-likeness (QED) is 0.484. The maximum absolute atomic E-state index is 12.4. The first kappa shape index (κ1) is 23.1. The van der Waals surface area contributed by atoms with Crippen molar-refractivity contribution in [3.63, 3.8) is 0 Å². The third-order valence-electron chi connectivity index (χ3n) is 5.67. The van der Waals surface area contributed by atoms with Crippen molar-refractivity contribution in [3.8, 4) is 0 Å². The van der Waals surface area contributed by atoms with E-state index in [4.69, 9.17) is 0 Å². The van der Waals surface area contributed by atoms with Crippen molar-refractivity contribution in [2.24, 2.45) is 7.05 Å². The largest absolute Gasteiger partial charge is 0.339 e. The van der Waals surface area contributed by atoms with Crippen molar-refractivity contribution < 1.29 is 13.2 Å². The lowest BCUT2D eigenvalue weighted by molar-refractivity contribution is 0.206. The summed E-state index contributed by atoms with van der Waals surface area (Å²) in [7, 11) is -1.87. The number of nitrogens with one attached hydrogen (secondary N) is 3. The summed E-state index contributed by atoms with van der Waals surface area (Å²) in [4.78, 5) is 23.0. The Morgan fingerprint density at radius 1 is 1.21 bits per heavy atom. The second-order valence-corrected chi connectivity index (χ2v) is 9.98. The van der Waals surface area contributed by atoms with Gasteiger partial charge < -0.3 is 20.1 Å². The van der Waals surface area contributed by atoms with Gasteiger partial charge in [0.1, 0.15) is 0 Å². The highest BCUT2D eigenvalue weighted by Crippen LogP contribution is 2.22. The van der Waals surface area contributed by atoms with Crippen LogP contribution in [0.2, 0.25) is 0 Å². The van der Waals surface area contributed by atoms with Crippen LogP contribution < -0.4 is 15.4 Å². The fraction of sp³-hybridized carbons (Fsp3) is 0.409. The first-order chi connectivity index (χ1) is 15.8. The van der Waals surface area contributed by atoms with Gasteiger partial charge in [0.15, 0.2) is 5.03 Å². The summed E-state index contributed by atoms with van der Waals surface area (Å²) >= 11 is 0. The van der Waals surface area contributed by atoms with Crippen LogP contribution in [-0.2, 0) is 17.1 Å². The van der Waals surface area contributed by atoms with Gasteiger partial charge in [-0.15, -0.1) is 0 Å². The number of benzene rings is 1. The van der Waals surface area contributed by atoms with Crippen LogP contribution in [0.3, 0.4) is 0 Å². The van der Waals surface area contributed by atoms with Crippen LogP contribution in [0.5, 0.6) is 0 Å². The van der Waals surface area contributed by atoms with Gasteiger partial charge in [0, 0.05) is 43.5 Å². The van der Waals surface area contributed by atoms with Gasteiger partial charge in [-0.25, -0.2) is 22.9 Å². The summed E-state index contributed by atoms with van der Waals surface area (Å²) in [6.07, 6.45) is 4.38. The number of rotatable bonds is 7. The highest BCUT2D eigenvalue weighted by Gasteiger charge is 2.25. The van der Waals surface area contributed by atoms with Crippen molar-refractivity contribution in [3.05, 3.63) is 48.5 Å². The molecule has 1 aliphatic rings. The molecule has 0 unspecified atom stereocenters. The van der Waals surface area contributed by atoms with E-state index in [2.05, 4.69) is 30.2 Å². The molecule has 0 radical (unpaired) electrons. The summed E-state index contributed by atoms with van der Waals surface area (Å²) in [6.45, 7) is 4.61. The summed E-state index contributed by atoms with van der Waals surface area (Å²) in [5.41, 5.74) is 2.41. The Hall–Kier alpha value is -3.02. The van der Waals surface area contributed by atoms with Crippen LogP contribution in [0.25, 0.3) is 10.9 Å². The van der Waals surface area contributed by atoms with E-state index in [0.717, 1.165) is 35.4 Å². The fourth-order valence-electron chi connectivity index (χ4n) is 3.99. The van der Waals surface area contributed by atoms with E-state index in [1.54, 1.807) is 11.6 Å². The van der Waals surface area contributed by atoms with Crippen LogP contribution in [0, 0.1) is 6.92 Å². The number of amides is 2. The Morgan fingerprint density at radius 2 is 1.97 bits per heavy atom. The Bertz CT molecular complexity index is 1230. The first-order valence-corrected chi connectivity index (χ1v) is 12.4.